The van der Waals surface area contributed by atoms with Gasteiger partial charge in [-0.3, -0.25) is 4.98 Å². The number of pyridine rings is 1. The van der Waals surface area contributed by atoms with Gasteiger partial charge in [0.1, 0.15) is 0 Å². The monoisotopic (exact) mass is 884 g/mol. The van der Waals surface area contributed by atoms with E-state index < -0.39 is 13.7 Å². The number of benzene rings is 6. The number of fused-ring (bicyclic) bond motifs is 2. The van der Waals surface area contributed by atoms with Gasteiger partial charge in [0.15, 0.2) is 0 Å². The van der Waals surface area contributed by atoms with Crippen LogP contribution in [0.1, 0.15) is 30.5 Å². The standard InChI is InChI=1S/C36H27N2O.C13H12N.Ir/c1-25-19-20-35-31(23-25)32(24-39-35)36-37-33-17-8-9-18-34(33)38(36)22-21-30-28(26-11-4-2-5-12-26)15-10-16-29(30)27-13-6-3-7-14-27;1-10-3-6-12(7-4-10)13-8-5-11(2)9-14-13;/h2-20,23H,21-22H2,1H3;3-6,8-9H,1-2H3;/q2*-1;/i;1D3,2D3;. The van der Waals surface area contributed by atoms with Gasteiger partial charge in [-0.25, -0.2) is 0 Å². The maximum atomic E-state index is 7.28. The summed E-state index contributed by atoms with van der Waals surface area (Å²) in [7, 11) is 0. The summed E-state index contributed by atoms with van der Waals surface area (Å²) in [6.07, 6.45) is 5.32. The van der Waals surface area contributed by atoms with Crippen molar-refractivity contribution in [2.75, 3.05) is 0 Å². The van der Waals surface area contributed by atoms with Gasteiger partial charge in [-0.05, 0) is 71.4 Å². The molecule has 0 saturated carbocycles. The van der Waals surface area contributed by atoms with Crippen LogP contribution in [0.5, 0.6) is 0 Å². The second-order valence-electron chi connectivity index (χ2n) is 12.9. The van der Waals surface area contributed by atoms with E-state index in [1.807, 2.05) is 12.1 Å². The van der Waals surface area contributed by atoms with Crippen molar-refractivity contribution >= 4 is 22.0 Å². The summed E-state index contributed by atoms with van der Waals surface area (Å²) in [4.78, 5) is 9.16. The molecule has 0 saturated heterocycles. The summed E-state index contributed by atoms with van der Waals surface area (Å²) in [5.41, 5.74) is 12.9. The Hall–Kier alpha value is -5.87. The minimum Gasteiger partial charge on any atom is -0.557 e. The van der Waals surface area contributed by atoms with Crippen LogP contribution in [-0.4, -0.2) is 14.5 Å². The third-order valence-corrected chi connectivity index (χ3v) is 9.33. The second kappa shape index (κ2) is 16.4. The molecule has 0 atom stereocenters. The van der Waals surface area contributed by atoms with Crippen LogP contribution in [0, 0.1) is 33.0 Å². The first-order chi connectivity index (χ1) is 28.4. The smallest absolute Gasteiger partial charge is 0.0770 e. The average molecular weight is 884 g/mol. The molecule has 0 aliphatic carbocycles. The Kier molecular flexibility index (Phi) is 9.00. The number of para-hydroxylation sites is 2. The van der Waals surface area contributed by atoms with Crippen LogP contribution in [-0.2, 0) is 33.1 Å². The van der Waals surface area contributed by atoms with Gasteiger partial charge in [-0.15, -0.1) is 35.4 Å². The summed E-state index contributed by atoms with van der Waals surface area (Å²) in [6, 6.07) is 53.0. The predicted molar refractivity (Wildman–Crippen MR) is 218 cm³/mol. The molecule has 0 bridgehead atoms. The Bertz CT molecular complexity index is 2740. The quantitative estimate of drug-likeness (QED) is 0.150. The Morgan fingerprint density at radius 3 is 2.06 bits per heavy atom. The van der Waals surface area contributed by atoms with Crippen LogP contribution in [0.3, 0.4) is 0 Å². The number of hydrogen-bond donors (Lipinski definition) is 0. The first-order valence-corrected chi connectivity index (χ1v) is 17.5. The van der Waals surface area contributed by atoms with Gasteiger partial charge in [0.25, 0.3) is 0 Å². The van der Waals surface area contributed by atoms with Crippen LogP contribution >= 0.6 is 0 Å². The zero-order chi connectivity index (χ0) is 41.1. The van der Waals surface area contributed by atoms with Crippen LogP contribution in [0.15, 0.2) is 162 Å². The molecule has 6 aromatic carbocycles. The fraction of sp³-hybridized carbons (Fsp3) is 0.102. The molecule has 9 rings (SSSR count). The molecule has 54 heavy (non-hydrogen) atoms. The fourth-order valence-corrected chi connectivity index (χ4v) is 6.74. The molecule has 3 heterocycles. The molecule has 267 valence electrons. The molecule has 0 spiro atoms. The molecular weight excluding hydrogens is 839 g/mol. The molecule has 0 aliphatic heterocycles. The molecule has 0 aliphatic rings. The topological polar surface area (TPSA) is 43.9 Å². The Morgan fingerprint density at radius 1 is 0.704 bits per heavy atom. The normalized spacial score (nSPS) is 13.0. The molecule has 0 unspecified atom stereocenters. The van der Waals surface area contributed by atoms with E-state index in [0.717, 1.165) is 46.4 Å². The maximum Gasteiger partial charge on any atom is 0.0770 e. The Balaban J connectivity index is 0.000000220. The van der Waals surface area contributed by atoms with Crippen LogP contribution in [0.2, 0.25) is 0 Å². The minimum absolute atomic E-state index is 0. The summed E-state index contributed by atoms with van der Waals surface area (Å²) in [5, 5.41) is 1.04. The van der Waals surface area contributed by atoms with Crippen molar-refractivity contribution in [1.82, 2.24) is 14.5 Å². The van der Waals surface area contributed by atoms with Gasteiger partial charge in [-0.2, -0.15) is 0 Å². The van der Waals surface area contributed by atoms with E-state index in [2.05, 4.69) is 138 Å². The zero-order valence-corrected chi connectivity index (χ0v) is 31.9. The first-order valence-electron chi connectivity index (χ1n) is 20.5. The fourth-order valence-electron chi connectivity index (χ4n) is 6.74. The molecule has 0 amide bonds. The SMILES string of the molecule is Cc1ccc2o[c-]c(-c3nc4ccccc4n3CCc3c(-c4ccccc4)cccc3-c3ccccc3)c2c1.[2H]C([2H])([2H])c1c[c-]c(-c2ccc(C([2H])([2H])[2H])cn2)cc1.[Ir]. The van der Waals surface area contributed by atoms with Gasteiger partial charge in [0.05, 0.1) is 16.9 Å². The molecule has 1 radical (unpaired) electrons. The second-order valence-corrected chi connectivity index (χ2v) is 12.9. The number of rotatable bonds is 7. The summed E-state index contributed by atoms with van der Waals surface area (Å²) in [5.74, 6) is 0.888. The number of imidazole rings is 1. The van der Waals surface area contributed by atoms with E-state index in [9.17, 15) is 0 Å². The molecule has 0 fully saturated rings. The van der Waals surface area contributed by atoms with Crippen molar-refractivity contribution in [3.05, 3.63) is 192 Å². The molecular formula is C49H39IrN3O-2. The van der Waals surface area contributed by atoms with Crippen molar-refractivity contribution in [2.24, 2.45) is 0 Å². The number of hydrogen-bond acceptors (Lipinski definition) is 3. The van der Waals surface area contributed by atoms with E-state index in [1.165, 1.54) is 57.8 Å². The zero-order valence-electron chi connectivity index (χ0n) is 35.5. The third kappa shape index (κ3) is 7.75. The van der Waals surface area contributed by atoms with Crippen molar-refractivity contribution in [1.29, 1.82) is 0 Å². The predicted octanol–water partition coefficient (Wildman–Crippen LogP) is 12.3. The van der Waals surface area contributed by atoms with Gasteiger partial charge in [0.2, 0.25) is 0 Å². The van der Waals surface area contributed by atoms with E-state index in [0.29, 0.717) is 11.3 Å². The summed E-state index contributed by atoms with van der Waals surface area (Å²) >= 11 is 0. The van der Waals surface area contributed by atoms with Gasteiger partial charge >= 0.3 is 0 Å². The van der Waals surface area contributed by atoms with Crippen molar-refractivity contribution in [2.45, 2.75) is 33.6 Å². The third-order valence-electron chi connectivity index (χ3n) is 9.33. The molecule has 0 N–H and O–H groups in total. The van der Waals surface area contributed by atoms with Gasteiger partial charge in [-0.1, -0.05) is 145 Å². The minimum atomic E-state index is -2.18. The number of aromatic nitrogens is 3. The van der Waals surface area contributed by atoms with Crippen molar-refractivity contribution in [3.8, 4) is 44.9 Å². The van der Waals surface area contributed by atoms with E-state index in [-0.39, 0.29) is 31.2 Å². The van der Waals surface area contributed by atoms with Gasteiger partial charge < -0.3 is 14.0 Å². The summed E-state index contributed by atoms with van der Waals surface area (Å²) < 4.78 is 51.8. The number of furan rings is 1. The largest absolute Gasteiger partial charge is 0.557 e. The van der Waals surface area contributed by atoms with E-state index in [4.69, 9.17) is 17.6 Å². The number of aryl methyl sites for hydroxylation is 4. The summed E-state index contributed by atoms with van der Waals surface area (Å²) in [6.45, 7) is -1.47. The van der Waals surface area contributed by atoms with E-state index in [1.54, 1.807) is 12.1 Å². The molecule has 9 aromatic rings. The van der Waals surface area contributed by atoms with Crippen LogP contribution in [0.4, 0.5) is 0 Å². The van der Waals surface area contributed by atoms with Crippen LogP contribution in [0.25, 0.3) is 66.9 Å². The van der Waals surface area contributed by atoms with Crippen LogP contribution < -0.4 is 0 Å². The van der Waals surface area contributed by atoms with Gasteiger partial charge in [0, 0.05) is 52.9 Å². The maximum absolute atomic E-state index is 7.28. The average Bonchev–Trinajstić information content (AvgIpc) is 3.84. The van der Waals surface area contributed by atoms with Crippen molar-refractivity contribution in [3.63, 3.8) is 0 Å². The van der Waals surface area contributed by atoms with Crippen molar-refractivity contribution < 1.29 is 32.7 Å². The number of nitrogens with zero attached hydrogens (tertiary/aromatic N) is 3. The van der Waals surface area contributed by atoms with E-state index >= 15 is 0 Å². The molecule has 3 aromatic heterocycles. The first kappa shape index (κ1) is 29.6. The Labute approximate surface area is 339 Å². The molecule has 5 heteroatoms. The Morgan fingerprint density at radius 2 is 1.39 bits per heavy atom. The molecule has 4 nitrogen and oxygen atoms in total.